The standard InChI is InChI=1S/C23H20ClN3O7S/c1-34-20-8-6-16(24)12-18(20)22(29)25-10-9-14-3-2-4-17(11-14)35(32,33)27-21(28)15-5-7-19(23(30)31)26-13-15/h2-8,11-13H,9-10H2,1H3,(H,25,29)(H,27,28)(H,30,31). The second kappa shape index (κ2) is 11.0. The van der Waals surface area contributed by atoms with Crippen molar-refractivity contribution in [1.82, 2.24) is 15.0 Å². The first-order valence-corrected chi connectivity index (χ1v) is 11.9. The summed E-state index contributed by atoms with van der Waals surface area (Å²) in [6, 6.07) is 12.8. The lowest BCUT2D eigenvalue weighted by molar-refractivity contribution is 0.0689. The monoisotopic (exact) mass is 517 g/mol. The van der Waals surface area contributed by atoms with Gasteiger partial charge in [-0.25, -0.2) is 22.9 Å². The number of hydrogen-bond donors (Lipinski definition) is 3. The van der Waals surface area contributed by atoms with Crippen molar-refractivity contribution in [2.45, 2.75) is 11.3 Å². The molecule has 10 nitrogen and oxygen atoms in total. The van der Waals surface area contributed by atoms with Gasteiger partial charge in [0.15, 0.2) is 0 Å². The average molecular weight is 518 g/mol. The van der Waals surface area contributed by atoms with E-state index >= 15 is 0 Å². The second-order valence-electron chi connectivity index (χ2n) is 7.17. The van der Waals surface area contributed by atoms with E-state index in [2.05, 4.69) is 10.3 Å². The Labute approximate surface area is 206 Å². The summed E-state index contributed by atoms with van der Waals surface area (Å²) >= 11 is 5.95. The number of pyridine rings is 1. The van der Waals surface area contributed by atoms with Gasteiger partial charge in [-0.05, 0) is 54.4 Å². The van der Waals surface area contributed by atoms with Gasteiger partial charge in [-0.15, -0.1) is 0 Å². The van der Waals surface area contributed by atoms with Crippen LogP contribution in [0.2, 0.25) is 5.02 Å². The van der Waals surface area contributed by atoms with Crippen molar-refractivity contribution < 1.29 is 32.6 Å². The van der Waals surface area contributed by atoms with E-state index in [0.29, 0.717) is 22.8 Å². The number of carboxylic acid groups (broad SMARTS) is 1. The number of amides is 2. The molecule has 1 heterocycles. The predicted molar refractivity (Wildman–Crippen MR) is 126 cm³/mol. The Bertz CT molecular complexity index is 1380. The van der Waals surface area contributed by atoms with Gasteiger partial charge in [-0.2, -0.15) is 0 Å². The zero-order chi connectivity index (χ0) is 25.6. The van der Waals surface area contributed by atoms with Crippen molar-refractivity contribution in [3.05, 3.63) is 88.2 Å². The predicted octanol–water partition coefficient (Wildman–Crippen LogP) is 2.53. The average Bonchev–Trinajstić information content (AvgIpc) is 2.84. The van der Waals surface area contributed by atoms with Gasteiger partial charge in [0.1, 0.15) is 11.4 Å². The smallest absolute Gasteiger partial charge is 0.354 e. The number of halogens is 1. The molecular formula is C23H20ClN3O7S. The Morgan fingerprint density at radius 3 is 2.49 bits per heavy atom. The fourth-order valence-electron chi connectivity index (χ4n) is 3.04. The third kappa shape index (κ3) is 6.55. The molecule has 3 N–H and O–H groups in total. The van der Waals surface area contributed by atoms with Gasteiger partial charge in [0, 0.05) is 17.8 Å². The lowest BCUT2D eigenvalue weighted by Crippen LogP contribution is -2.31. The molecule has 12 heteroatoms. The number of carbonyl (C=O) groups excluding carboxylic acids is 2. The van der Waals surface area contributed by atoms with Gasteiger partial charge in [0.05, 0.1) is 23.1 Å². The summed E-state index contributed by atoms with van der Waals surface area (Å²) in [6.07, 6.45) is 1.29. The lowest BCUT2D eigenvalue weighted by atomic mass is 10.1. The molecule has 1 aromatic heterocycles. The Morgan fingerprint density at radius 1 is 1.06 bits per heavy atom. The minimum atomic E-state index is -4.22. The van der Waals surface area contributed by atoms with Gasteiger partial charge >= 0.3 is 5.97 Å². The number of nitrogens with zero attached hydrogens (tertiary/aromatic N) is 1. The summed E-state index contributed by atoms with van der Waals surface area (Å²) in [5, 5.41) is 12.0. The molecule has 3 rings (SSSR count). The van der Waals surface area contributed by atoms with Crippen LogP contribution in [0.4, 0.5) is 0 Å². The molecule has 0 radical (unpaired) electrons. The van der Waals surface area contributed by atoms with Crippen LogP contribution in [-0.4, -0.2) is 49.9 Å². The van der Waals surface area contributed by atoms with Crippen LogP contribution < -0.4 is 14.8 Å². The second-order valence-corrected chi connectivity index (χ2v) is 9.29. The fourth-order valence-corrected chi connectivity index (χ4v) is 4.25. The first-order chi connectivity index (χ1) is 16.6. The normalized spacial score (nSPS) is 10.9. The fraction of sp³-hybridized carbons (Fsp3) is 0.130. The quantitative estimate of drug-likeness (QED) is 0.391. The van der Waals surface area contributed by atoms with Crippen LogP contribution in [0.1, 0.15) is 36.8 Å². The molecule has 0 spiro atoms. The molecule has 0 unspecified atom stereocenters. The minimum absolute atomic E-state index is 0.117. The highest BCUT2D eigenvalue weighted by atomic mass is 35.5. The summed E-state index contributed by atoms with van der Waals surface area (Å²) in [5.74, 6) is -2.27. The van der Waals surface area contributed by atoms with Crippen LogP contribution in [0.25, 0.3) is 0 Å². The highest BCUT2D eigenvalue weighted by Gasteiger charge is 2.20. The molecule has 0 aliphatic heterocycles. The van der Waals surface area contributed by atoms with E-state index < -0.39 is 27.8 Å². The van der Waals surface area contributed by atoms with E-state index in [-0.39, 0.29) is 28.3 Å². The maximum atomic E-state index is 12.7. The summed E-state index contributed by atoms with van der Waals surface area (Å²) in [6.45, 7) is 0.200. The van der Waals surface area contributed by atoms with Crippen molar-refractivity contribution in [3.63, 3.8) is 0 Å². The molecule has 182 valence electrons. The van der Waals surface area contributed by atoms with E-state index in [1.54, 1.807) is 18.2 Å². The van der Waals surface area contributed by atoms with Crippen LogP contribution in [0.3, 0.4) is 0 Å². The number of carbonyl (C=O) groups is 3. The van der Waals surface area contributed by atoms with Gasteiger partial charge in [0.2, 0.25) is 0 Å². The number of hydrogen-bond acceptors (Lipinski definition) is 7. The number of aromatic carboxylic acids is 1. The first kappa shape index (κ1) is 25.7. The highest BCUT2D eigenvalue weighted by Crippen LogP contribution is 2.22. The Morgan fingerprint density at radius 2 is 1.83 bits per heavy atom. The zero-order valence-corrected chi connectivity index (χ0v) is 19.9. The van der Waals surface area contributed by atoms with Crippen molar-refractivity contribution >= 4 is 39.4 Å². The molecule has 0 aliphatic rings. The van der Waals surface area contributed by atoms with Crippen LogP contribution in [0, 0.1) is 0 Å². The van der Waals surface area contributed by atoms with Gasteiger partial charge < -0.3 is 15.2 Å². The minimum Gasteiger partial charge on any atom is -0.496 e. The number of rotatable bonds is 9. The van der Waals surface area contributed by atoms with Gasteiger partial charge in [-0.1, -0.05) is 23.7 Å². The molecule has 35 heavy (non-hydrogen) atoms. The number of carboxylic acids is 1. The van der Waals surface area contributed by atoms with Gasteiger partial charge in [0.25, 0.3) is 21.8 Å². The zero-order valence-electron chi connectivity index (χ0n) is 18.3. The number of benzene rings is 2. The van der Waals surface area contributed by atoms with E-state index in [1.165, 1.54) is 31.4 Å². The lowest BCUT2D eigenvalue weighted by Gasteiger charge is -2.11. The van der Waals surface area contributed by atoms with E-state index in [0.717, 1.165) is 18.3 Å². The summed E-state index contributed by atoms with van der Waals surface area (Å²) in [4.78, 5) is 39.1. The van der Waals surface area contributed by atoms with Crippen molar-refractivity contribution in [2.75, 3.05) is 13.7 Å². The molecule has 0 saturated carbocycles. The van der Waals surface area contributed by atoms with E-state index in [4.69, 9.17) is 21.4 Å². The first-order valence-electron chi connectivity index (χ1n) is 10.1. The number of sulfonamides is 1. The Kier molecular flexibility index (Phi) is 8.05. The van der Waals surface area contributed by atoms with Crippen molar-refractivity contribution in [3.8, 4) is 5.75 Å². The third-order valence-corrected chi connectivity index (χ3v) is 6.35. The van der Waals surface area contributed by atoms with Crippen LogP contribution in [0.15, 0.2) is 65.7 Å². The molecular weight excluding hydrogens is 498 g/mol. The number of nitrogens with one attached hydrogen (secondary N) is 2. The summed E-state index contributed by atoms with van der Waals surface area (Å²) < 4.78 is 32.4. The van der Waals surface area contributed by atoms with Crippen molar-refractivity contribution in [2.24, 2.45) is 0 Å². The maximum absolute atomic E-state index is 12.7. The third-order valence-electron chi connectivity index (χ3n) is 4.79. The van der Waals surface area contributed by atoms with Crippen molar-refractivity contribution in [1.29, 1.82) is 0 Å². The molecule has 2 amide bonds. The number of ether oxygens (including phenoxy) is 1. The number of methoxy groups -OCH3 is 1. The Balaban J connectivity index is 1.64. The maximum Gasteiger partial charge on any atom is 0.354 e. The molecule has 0 saturated heterocycles. The molecule has 0 atom stereocenters. The molecule has 2 aromatic carbocycles. The Hall–Kier alpha value is -3.96. The van der Waals surface area contributed by atoms with Crippen LogP contribution >= 0.6 is 11.6 Å². The molecule has 0 aliphatic carbocycles. The molecule has 0 bridgehead atoms. The summed E-state index contributed by atoms with van der Waals surface area (Å²) in [7, 11) is -2.78. The van der Waals surface area contributed by atoms with Crippen LogP contribution in [-0.2, 0) is 16.4 Å². The molecule has 3 aromatic rings. The van der Waals surface area contributed by atoms with Crippen LogP contribution in [0.5, 0.6) is 5.75 Å². The summed E-state index contributed by atoms with van der Waals surface area (Å²) in [5.41, 5.74) is 0.475. The van der Waals surface area contributed by atoms with E-state index in [9.17, 15) is 22.8 Å². The number of aromatic nitrogens is 1. The molecule has 0 fully saturated rings. The van der Waals surface area contributed by atoms with Gasteiger partial charge in [-0.3, -0.25) is 9.59 Å². The highest BCUT2D eigenvalue weighted by molar-refractivity contribution is 7.90. The SMILES string of the molecule is COc1ccc(Cl)cc1C(=O)NCCc1cccc(S(=O)(=O)NC(=O)c2ccc(C(=O)O)nc2)c1. The van der Waals surface area contributed by atoms with E-state index in [1.807, 2.05) is 4.72 Å². The largest absolute Gasteiger partial charge is 0.496 e. The topological polar surface area (TPSA) is 152 Å².